The Morgan fingerprint density at radius 1 is 1.14 bits per heavy atom. The summed E-state index contributed by atoms with van der Waals surface area (Å²) < 4.78 is 40.7. The van der Waals surface area contributed by atoms with E-state index in [1.165, 1.54) is 18.3 Å². The van der Waals surface area contributed by atoms with Crippen molar-refractivity contribution < 1.29 is 12.8 Å². The molecule has 0 aliphatic carbocycles. The van der Waals surface area contributed by atoms with Crippen LogP contribution in [0.5, 0.6) is 0 Å². The number of halogens is 2. The number of aromatic nitrogens is 1. The molecule has 0 atom stereocenters. The van der Waals surface area contributed by atoms with Crippen molar-refractivity contribution in [3.8, 4) is 0 Å². The van der Waals surface area contributed by atoms with E-state index in [9.17, 15) is 12.8 Å². The Kier molecular flexibility index (Phi) is 4.20. The van der Waals surface area contributed by atoms with Crippen LogP contribution < -0.4 is 4.72 Å². The summed E-state index contributed by atoms with van der Waals surface area (Å²) in [5, 5.41) is 0.0570. The highest BCUT2D eigenvalue weighted by Crippen LogP contribution is 2.27. The second-order valence-corrected chi connectivity index (χ2v) is 6.80. The Bertz CT molecular complexity index is 784. The number of hydrogen-bond acceptors (Lipinski definition) is 3. The molecular weight excluding hydrogens is 315 g/mol. The first kappa shape index (κ1) is 15.7. The van der Waals surface area contributed by atoms with Crippen molar-refractivity contribution in [1.82, 2.24) is 4.98 Å². The third-order valence-corrected chi connectivity index (χ3v) is 4.89. The molecule has 0 bridgehead atoms. The molecule has 2 aromatic rings. The van der Waals surface area contributed by atoms with Crippen LogP contribution in [-0.4, -0.2) is 13.4 Å². The zero-order valence-electron chi connectivity index (χ0n) is 11.7. The van der Waals surface area contributed by atoms with Crippen LogP contribution in [0.4, 0.5) is 10.1 Å². The van der Waals surface area contributed by atoms with Crippen LogP contribution in [0.2, 0.25) is 5.15 Å². The van der Waals surface area contributed by atoms with Crippen LogP contribution in [0.1, 0.15) is 16.7 Å². The van der Waals surface area contributed by atoms with E-state index in [-0.39, 0.29) is 15.7 Å². The smallest absolute Gasteiger partial charge is 0.262 e. The molecule has 0 fully saturated rings. The molecule has 0 saturated heterocycles. The molecular formula is C14H14ClFN2O2S. The van der Waals surface area contributed by atoms with Gasteiger partial charge in [0.25, 0.3) is 10.0 Å². The number of nitrogens with zero attached hydrogens (tertiary/aromatic N) is 1. The minimum absolute atomic E-state index is 0.0430. The number of sulfonamides is 1. The predicted molar refractivity (Wildman–Crippen MR) is 80.7 cm³/mol. The molecule has 1 heterocycles. The van der Waals surface area contributed by atoms with Crippen molar-refractivity contribution in [2.24, 2.45) is 0 Å². The van der Waals surface area contributed by atoms with Gasteiger partial charge in [0.1, 0.15) is 5.82 Å². The van der Waals surface area contributed by atoms with Gasteiger partial charge in [-0.2, -0.15) is 0 Å². The summed E-state index contributed by atoms with van der Waals surface area (Å²) in [5.74, 6) is -0.473. The van der Waals surface area contributed by atoms with Crippen molar-refractivity contribution in [3.63, 3.8) is 0 Å². The second-order valence-electron chi connectivity index (χ2n) is 4.83. The third-order valence-electron chi connectivity index (χ3n) is 2.91. The van der Waals surface area contributed by atoms with Crippen molar-refractivity contribution in [1.29, 1.82) is 0 Å². The van der Waals surface area contributed by atoms with Gasteiger partial charge in [0.05, 0.1) is 10.6 Å². The topological polar surface area (TPSA) is 59.1 Å². The van der Waals surface area contributed by atoms with E-state index in [2.05, 4.69) is 9.71 Å². The maximum Gasteiger partial charge on any atom is 0.262 e. The number of rotatable bonds is 3. The van der Waals surface area contributed by atoms with Crippen LogP contribution in [0.15, 0.2) is 29.3 Å². The van der Waals surface area contributed by atoms with Crippen LogP contribution in [0.3, 0.4) is 0 Å². The van der Waals surface area contributed by atoms with Crippen molar-refractivity contribution >= 4 is 27.3 Å². The van der Waals surface area contributed by atoms with E-state index in [0.29, 0.717) is 11.1 Å². The molecule has 21 heavy (non-hydrogen) atoms. The number of nitrogens with one attached hydrogen (secondary N) is 1. The first-order valence-corrected chi connectivity index (χ1v) is 7.98. The lowest BCUT2D eigenvalue weighted by atomic mass is 10.1. The Morgan fingerprint density at radius 3 is 2.29 bits per heavy atom. The number of benzene rings is 1. The highest BCUT2D eigenvalue weighted by molar-refractivity contribution is 7.92. The summed E-state index contributed by atoms with van der Waals surface area (Å²) in [4.78, 5) is 3.94. The van der Waals surface area contributed by atoms with Gasteiger partial charge in [0, 0.05) is 6.20 Å². The second kappa shape index (κ2) is 5.61. The molecule has 1 aromatic carbocycles. The maximum atomic E-state index is 13.3. The molecule has 0 saturated carbocycles. The predicted octanol–water partition coefficient (Wildman–Crippen LogP) is 3.60. The minimum atomic E-state index is -3.87. The number of anilines is 1. The quantitative estimate of drug-likeness (QED) is 0.876. The van der Waals surface area contributed by atoms with Gasteiger partial charge in [0.2, 0.25) is 0 Å². The van der Waals surface area contributed by atoms with Crippen LogP contribution in [-0.2, 0) is 10.0 Å². The molecule has 1 N–H and O–H groups in total. The molecule has 0 unspecified atom stereocenters. The van der Waals surface area contributed by atoms with Crippen molar-refractivity contribution in [2.75, 3.05) is 4.72 Å². The van der Waals surface area contributed by atoms with Crippen LogP contribution in [0, 0.1) is 26.6 Å². The molecule has 0 aliphatic rings. The monoisotopic (exact) mass is 328 g/mol. The first-order chi connectivity index (χ1) is 9.70. The highest BCUT2D eigenvalue weighted by atomic mass is 35.5. The minimum Gasteiger partial charge on any atom is -0.276 e. The highest BCUT2D eigenvalue weighted by Gasteiger charge is 2.21. The normalized spacial score (nSPS) is 11.5. The SMILES string of the molecule is Cc1cnc(Cl)c(NS(=O)(=O)c2c(C)cc(F)cc2C)c1. The number of hydrogen-bond donors (Lipinski definition) is 1. The Labute approximate surface area is 128 Å². The molecule has 0 spiro atoms. The van der Waals surface area contributed by atoms with Gasteiger partial charge in [-0.3, -0.25) is 4.72 Å². The Hall–Kier alpha value is -1.66. The first-order valence-electron chi connectivity index (χ1n) is 6.12. The van der Waals surface area contributed by atoms with Crippen LogP contribution in [0.25, 0.3) is 0 Å². The lowest BCUT2D eigenvalue weighted by Crippen LogP contribution is -2.16. The molecule has 4 nitrogen and oxygen atoms in total. The summed E-state index contributed by atoms with van der Waals surface area (Å²) in [6, 6.07) is 3.94. The number of aryl methyl sites for hydroxylation is 3. The molecule has 1 aromatic heterocycles. The zero-order chi connectivity index (χ0) is 15.8. The molecule has 0 amide bonds. The van der Waals surface area contributed by atoms with E-state index in [1.807, 2.05) is 0 Å². The van der Waals surface area contributed by atoms with Gasteiger partial charge >= 0.3 is 0 Å². The lowest BCUT2D eigenvalue weighted by Gasteiger charge is -2.14. The fraction of sp³-hybridized carbons (Fsp3) is 0.214. The van der Waals surface area contributed by atoms with Crippen molar-refractivity contribution in [2.45, 2.75) is 25.7 Å². The van der Waals surface area contributed by atoms with Gasteiger partial charge in [0.15, 0.2) is 5.15 Å². The third kappa shape index (κ3) is 3.33. The standard InChI is InChI=1S/C14H14ClFN2O2S/c1-8-4-12(14(15)17-7-8)18-21(19,20)13-9(2)5-11(16)6-10(13)3/h4-7,18H,1-3H3. The fourth-order valence-corrected chi connectivity index (χ4v) is 3.86. The zero-order valence-corrected chi connectivity index (χ0v) is 13.3. The Morgan fingerprint density at radius 2 is 1.71 bits per heavy atom. The molecule has 0 aliphatic heterocycles. The molecule has 112 valence electrons. The van der Waals surface area contributed by atoms with E-state index >= 15 is 0 Å². The summed E-state index contributed by atoms with van der Waals surface area (Å²) in [5.41, 5.74) is 1.62. The summed E-state index contributed by atoms with van der Waals surface area (Å²) >= 11 is 5.90. The average Bonchev–Trinajstić information content (AvgIpc) is 2.31. The van der Waals surface area contributed by atoms with E-state index in [0.717, 1.165) is 5.56 Å². The maximum absolute atomic E-state index is 13.3. The van der Waals surface area contributed by atoms with Gasteiger partial charge < -0.3 is 0 Å². The van der Waals surface area contributed by atoms with E-state index in [4.69, 9.17) is 11.6 Å². The van der Waals surface area contributed by atoms with Gasteiger partial charge in [-0.05, 0) is 55.7 Å². The molecule has 2 rings (SSSR count). The van der Waals surface area contributed by atoms with Gasteiger partial charge in [-0.1, -0.05) is 11.6 Å². The summed E-state index contributed by atoms with van der Waals surface area (Å²) in [7, 11) is -3.87. The molecule has 0 radical (unpaired) electrons. The Balaban J connectivity index is 2.51. The van der Waals surface area contributed by atoms with Gasteiger partial charge in [-0.15, -0.1) is 0 Å². The fourth-order valence-electron chi connectivity index (χ4n) is 2.14. The summed E-state index contributed by atoms with van der Waals surface area (Å²) in [6.45, 7) is 4.86. The largest absolute Gasteiger partial charge is 0.276 e. The van der Waals surface area contributed by atoms with Crippen molar-refractivity contribution in [3.05, 3.63) is 52.1 Å². The average molecular weight is 329 g/mol. The van der Waals surface area contributed by atoms with Gasteiger partial charge in [-0.25, -0.2) is 17.8 Å². The van der Waals surface area contributed by atoms with E-state index < -0.39 is 15.8 Å². The number of pyridine rings is 1. The molecule has 7 heteroatoms. The summed E-state index contributed by atoms with van der Waals surface area (Å²) in [6.07, 6.45) is 1.54. The lowest BCUT2D eigenvalue weighted by molar-refractivity contribution is 0.597. The van der Waals surface area contributed by atoms with Crippen LogP contribution >= 0.6 is 11.6 Å². The van der Waals surface area contributed by atoms with E-state index in [1.54, 1.807) is 26.8 Å².